The molecule has 9 nitrogen and oxygen atoms in total. The van der Waals surface area contributed by atoms with Crippen molar-refractivity contribution in [3.8, 4) is 17.0 Å². The first-order valence-electron chi connectivity index (χ1n) is 9.32. The molecule has 5 rings (SSSR count). The van der Waals surface area contributed by atoms with Crippen LogP contribution in [0.25, 0.3) is 11.3 Å². The number of hydrogen-bond donors (Lipinski definition) is 2. The quantitative estimate of drug-likeness (QED) is 0.418. The van der Waals surface area contributed by atoms with E-state index in [4.69, 9.17) is 4.74 Å². The van der Waals surface area contributed by atoms with E-state index in [2.05, 4.69) is 47.0 Å². The van der Waals surface area contributed by atoms with E-state index in [9.17, 15) is 4.79 Å². The standard InChI is InChI=1S/C20H16BrN7O2/c1-2-30-14-9-5-11(6-10-14)16-15-17(19(29)24-23-16)22-20-25-26-27-28(20)18(15)12-3-7-13(21)8-4-12/h3-10,18H,2H2,1H3,(H,24,29)(H,22,25,27)/t18-/m1/s1. The molecule has 1 aliphatic heterocycles. The number of aromatic nitrogens is 6. The zero-order valence-electron chi connectivity index (χ0n) is 15.8. The zero-order chi connectivity index (χ0) is 20.7. The van der Waals surface area contributed by atoms with Gasteiger partial charge in [-0.2, -0.15) is 9.78 Å². The van der Waals surface area contributed by atoms with E-state index in [0.29, 0.717) is 29.5 Å². The van der Waals surface area contributed by atoms with Crippen molar-refractivity contribution in [1.29, 1.82) is 0 Å². The lowest BCUT2D eigenvalue weighted by Crippen LogP contribution is -2.29. The molecular weight excluding hydrogens is 450 g/mol. The number of anilines is 2. The number of nitrogens with one attached hydrogen (secondary N) is 2. The zero-order valence-corrected chi connectivity index (χ0v) is 17.4. The van der Waals surface area contributed by atoms with Crippen molar-refractivity contribution in [3.05, 3.63) is 74.5 Å². The summed E-state index contributed by atoms with van der Waals surface area (Å²) >= 11 is 3.47. The molecule has 0 saturated carbocycles. The van der Waals surface area contributed by atoms with Crippen molar-refractivity contribution in [2.45, 2.75) is 13.0 Å². The minimum absolute atomic E-state index is 0.337. The molecule has 0 unspecified atom stereocenters. The fraction of sp³-hybridized carbons (Fsp3) is 0.150. The van der Waals surface area contributed by atoms with Crippen LogP contribution in [-0.4, -0.2) is 37.0 Å². The van der Waals surface area contributed by atoms with Gasteiger partial charge in [0.2, 0.25) is 5.95 Å². The minimum Gasteiger partial charge on any atom is -0.494 e. The van der Waals surface area contributed by atoms with Crippen molar-refractivity contribution in [2.75, 3.05) is 11.9 Å². The van der Waals surface area contributed by atoms with Crippen LogP contribution in [0.4, 0.5) is 11.6 Å². The van der Waals surface area contributed by atoms with Crippen LogP contribution in [0.3, 0.4) is 0 Å². The van der Waals surface area contributed by atoms with Crippen LogP contribution in [-0.2, 0) is 0 Å². The first-order chi connectivity index (χ1) is 14.7. The Morgan fingerprint density at radius 3 is 2.63 bits per heavy atom. The third kappa shape index (κ3) is 3.05. The largest absolute Gasteiger partial charge is 0.494 e. The topological polar surface area (TPSA) is 111 Å². The smallest absolute Gasteiger partial charge is 0.288 e. The third-order valence-corrected chi connectivity index (χ3v) is 5.42. The summed E-state index contributed by atoms with van der Waals surface area (Å²) in [6.07, 6.45) is 0. The molecule has 0 spiro atoms. The van der Waals surface area contributed by atoms with E-state index in [1.54, 1.807) is 4.68 Å². The highest BCUT2D eigenvalue weighted by atomic mass is 79.9. The summed E-state index contributed by atoms with van der Waals surface area (Å²) < 4.78 is 8.15. The van der Waals surface area contributed by atoms with Gasteiger partial charge in [-0.15, -0.1) is 0 Å². The van der Waals surface area contributed by atoms with Gasteiger partial charge >= 0.3 is 0 Å². The number of H-pyrrole nitrogens is 1. The maximum Gasteiger partial charge on any atom is 0.288 e. The van der Waals surface area contributed by atoms with Gasteiger partial charge in [0, 0.05) is 15.6 Å². The predicted molar refractivity (Wildman–Crippen MR) is 114 cm³/mol. The van der Waals surface area contributed by atoms with Gasteiger partial charge in [0.05, 0.1) is 12.3 Å². The van der Waals surface area contributed by atoms with Gasteiger partial charge in [-0.3, -0.25) is 4.79 Å². The molecule has 150 valence electrons. The van der Waals surface area contributed by atoms with Crippen LogP contribution >= 0.6 is 15.9 Å². The SMILES string of the molecule is CCOc1ccc(-c2n[nH]c(=O)c3c2[C@@H](c2ccc(Br)cc2)n2nnnc2N3)cc1. The summed E-state index contributed by atoms with van der Waals surface area (Å²) in [4.78, 5) is 12.7. The van der Waals surface area contributed by atoms with E-state index < -0.39 is 6.04 Å². The average molecular weight is 466 g/mol. The van der Waals surface area contributed by atoms with Crippen molar-refractivity contribution in [3.63, 3.8) is 0 Å². The lowest BCUT2D eigenvalue weighted by atomic mass is 9.92. The molecule has 0 bridgehead atoms. The molecule has 1 aliphatic rings. The number of benzene rings is 2. The molecule has 10 heteroatoms. The molecule has 3 heterocycles. The van der Waals surface area contributed by atoms with Crippen LogP contribution in [0, 0.1) is 0 Å². The number of rotatable bonds is 4. The van der Waals surface area contributed by atoms with Crippen LogP contribution < -0.4 is 15.6 Å². The molecule has 2 aromatic carbocycles. The van der Waals surface area contributed by atoms with Gasteiger partial charge in [-0.1, -0.05) is 33.2 Å². The lowest BCUT2D eigenvalue weighted by Gasteiger charge is -2.27. The maximum atomic E-state index is 12.7. The summed E-state index contributed by atoms with van der Waals surface area (Å²) in [6.45, 7) is 2.52. The molecule has 0 fully saturated rings. The summed E-state index contributed by atoms with van der Waals surface area (Å²) in [5.74, 6) is 1.16. The Hall–Kier alpha value is -3.53. The van der Waals surface area contributed by atoms with Gasteiger partial charge in [-0.05, 0) is 59.3 Å². The Balaban J connectivity index is 1.73. The number of hydrogen-bond acceptors (Lipinski definition) is 7. The van der Waals surface area contributed by atoms with Gasteiger partial charge < -0.3 is 10.1 Å². The molecule has 4 aromatic rings. The first-order valence-corrected chi connectivity index (χ1v) is 10.1. The third-order valence-electron chi connectivity index (χ3n) is 4.89. The van der Waals surface area contributed by atoms with Gasteiger partial charge in [0.25, 0.3) is 5.56 Å². The predicted octanol–water partition coefficient (Wildman–Crippen LogP) is 3.28. The molecule has 0 radical (unpaired) electrons. The summed E-state index contributed by atoms with van der Waals surface area (Å²) in [7, 11) is 0. The second kappa shape index (κ2) is 7.38. The molecule has 30 heavy (non-hydrogen) atoms. The second-order valence-electron chi connectivity index (χ2n) is 6.67. The van der Waals surface area contributed by atoms with Crippen molar-refractivity contribution < 1.29 is 4.74 Å². The molecule has 0 amide bonds. The molecule has 1 atom stereocenters. The Morgan fingerprint density at radius 1 is 1.13 bits per heavy atom. The van der Waals surface area contributed by atoms with Gasteiger partial charge in [0.15, 0.2) is 0 Å². The maximum absolute atomic E-state index is 12.7. The molecule has 0 saturated heterocycles. The monoisotopic (exact) mass is 465 g/mol. The minimum atomic E-state index is -0.421. The second-order valence-corrected chi connectivity index (χ2v) is 7.59. The highest BCUT2D eigenvalue weighted by Gasteiger charge is 2.34. The first kappa shape index (κ1) is 18.5. The highest BCUT2D eigenvalue weighted by molar-refractivity contribution is 9.10. The molecular formula is C20H16BrN7O2. The van der Waals surface area contributed by atoms with Crippen molar-refractivity contribution >= 4 is 27.6 Å². The van der Waals surface area contributed by atoms with E-state index in [1.165, 1.54) is 0 Å². The average Bonchev–Trinajstić information content (AvgIpc) is 3.23. The summed E-state index contributed by atoms with van der Waals surface area (Å²) in [5.41, 5.74) is 3.14. The van der Waals surface area contributed by atoms with Crippen molar-refractivity contribution in [2.24, 2.45) is 0 Å². The highest BCUT2D eigenvalue weighted by Crippen LogP contribution is 2.41. The van der Waals surface area contributed by atoms with Crippen LogP contribution in [0.15, 0.2) is 57.8 Å². The number of nitrogens with zero attached hydrogens (tertiary/aromatic N) is 5. The van der Waals surface area contributed by atoms with E-state index >= 15 is 0 Å². The summed E-state index contributed by atoms with van der Waals surface area (Å²) in [6, 6.07) is 15.0. The van der Waals surface area contributed by atoms with Crippen LogP contribution in [0.5, 0.6) is 5.75 Å². The van der Waals surface area contributed by atoms with E-state index in [0.717, 1.165) is 21.3 Å². The van der Waals surface area contributed by atoms with Crippen molar-refractivity contribution in [1.82, 2.24) is 30.4 Å². The normalized spacial score (nSPS) is 14.5. The van der Waals surface area contributed by atoms with E-state index in [-0.39, 0.29) is 5.56 Å². The Labute approximate surface area is 179 Å². The van der Waals surface area contributed by atoms with Crippen LogP contribution in [0.2, 0.25) is 0 Å². The van der Waals surface area contributed by atoms with Gasteiger partial charge in [-0.25, -0.2) is 5.10 Å². The van der Waals surface area contributed by atoms with Gasteiger partial charge in [0.1, 0.15) is 17.5 Å². The Bertz CT molecular complexity index is 1270. The summed E-state index contributed by atoms with van der Waals surface area (Å²) in [5, 5.41) is 22.0. The number of tetrazole rings is 1. The number of aromatic amines is 1. The Morgan fingerprint density at radius 2 is 1.90 bits per heavy atom. The lowest BCUT2D eigenvalue weighted by molar-refractivity contribution is 0.340. The van der Waals surface area contributed by atoms with Crippen LogP contribution in [0.1, 0.15) is 24.1 Å². The molecule has 2 N–H and O–H groups in total. The Kier molecular flexibility index (Phi) is 4.55. The van der Waals surface area contributed by atoms with E-state index in [1.807, 2.05) is 55.5 Å². The fourth-order valence-electron chi connectivity index (χ4n) is 3.59. The number of fused-ring (bicyclic) bond motifs is 2. The number of halogens is 1. The molecule has 2 aromatic heterocycles. The number of ether oxygens (including phenoxy) is 1. The fourth-order valence-corrected chi connectivity index (χ4v) is 3.85. The molecule has 0 aliphatic carbocycles.